The summed E-state index contributed by atoms with van der Waals surface area (Å²) in [5, 5.41) is 19.6. The molecule has 6 nitrogen and oxygen atoms in total. The van der Waals surface area contributed by atoms with Crippen LogP contribution in [-0.2, 0) is 0 Å². The summed E-state index contributed by atoms with van der Waals surface area (Å²) in [5.41, 5.74) is 8.31. The number of imidazole rings is 1. The van der Waals surface area contributed by atoms with Crippen molar-refractivity contribution in [2.75, 3.05) is 5.73 Å². The molecule has 0 radical (unpaired) electrons. The van der Waals surface area contributed by atoms with Gasteiger partial charge in [-0.05, 0) is 25.3 Å². The first-order chi connectivity index (χ1) is 8.59. The van der Waals surface area contributed by atoms with Crippen molar-refractivity contribution in [2.24, 2.45) is 0 Å². The number of hydrogen-bond donors (Lipinski definition) is 3. The molecular formula is C12H16N4O2. The summed E-state index contributed by atoms with van der Waals surface area (Å²) in [4.78, 5) is 8.34. The molecule has 2 heterocycles. The molecule has 18 heavy (non-hydrogen) atoms. The minimum absolute atomic E-state index is 0.148. The Morgan fingerprint density at radius 2 is 2.11 bits per heavy atom. The maximum Gasteiger partial charge on any atom is 0.151 e. The lowest BCUT2D eigenvalue weighted by Gasteiger charge is -2.19. The van der Waals surface area contributed by atoms with Gasteiger partial charge in [0, 0.05) is 6.20 Å². The highest BCUT2D eigenvalue weighted by Gasteiger charge is 2.35. The van der Waals surface area contributed by atoms with E-state index in [1.54, 1.807) is 12.5 Å². The van der Waals surface area contributed by atoms with Gasteiger partial charge in [0.2, 0.25) is 0 Å². The lowest BCUT2D eigenvalue weighted by atomic mass is 10.1. The number of aromatic nitrogens is 3. The smallest absolute Gasteiger partial charge is 0.151 e. The Morgan fingerprint density at radius 3 is 2.78 bits per heavy atom. The number of aliphatic hydroxyl groups excluding tert-OH is 2. The summed E-state index contributed by atoms with van der Waals surface area (Å²) < 4.78 is 1.91. The second kappa shape index (κ2) is 3.93. The van der Waals surface area contributed by atoms with Crippen LogP contribution in [0.1, 0.15) is 24.4 Å². The number of rotatable bonds is 1. The van der Waals surface area contributed by atoms with Gasteiger partial charge in [0.05, 0.1) is 24.0 Å². The van der Waals surface area contributed by atoms with E-state index < -0.39 is 12.2 Å². The molecule has 0 aliphatic heterocycles. The van der Waals surface area contributed by atoms with Crippen LogP contribution in [0.5, 0.6) is 0 Å². The number of nitrogen functional groups attached to an aromatic ring is 1. The number of aliphatic hydroxyl groups is 2. The van der Waals surface area contributed by atoms with E-state index in [-0.39, 0.29) is 6.04 Å². The van der Waals surface area contributed by atoms with Crippen LogP contribution >= 0.6 is 0 Å². The molecule has 2 aromatic rings. The predicted octanol–water partition coefficient (Wildman–Crippen LogP) is 0.379. The average molecular weight is 248 g/mol. The number of hydrogen-bond acceptors (Lipinski definition) is 5. The number of pyridine rings is 1. The van der Waals surface area contributed by atoms with Crippen LogP contribution in [0.2, 0.25) is 0 Å². The van der Waals surface area contributed by atoms with Crippen LogP contribution in [0.4, 0.5) is 5.82 Å². The van der Waals surface area contributed by atoms with E-state index in [0.717, 1.165) is 17.5 Å². The first-order valence-electron chi connectivity index (χ1n) is 6.03. The number of nitrogens with zero attached hydrogens (tertiary/aromatic N) is 3. The van der Waals surface area contributed by atoms with Crippen molar-refractivity contribution in [1.82, 2.24) is 14.5 Å². The average Bonchev–Trinajstić information content (AvgIpc) is 2.91. The van der Waals surface area contributed by atoms with E-state index in [9.17, 15) is 10.2 Å². The largest absolute Gasteiger partial charge is 0.390 e. The standard InChI is InChI=1S/C12H16N4O2/c1-6-4-14-12(13)9-10(6)16(5-15-9)7-2-3-8(17)11(7)18/h4-5,7-8,11,17-18H,2-3H2,1H3,(H2,13,14)/t7-,8-,11+/m1/s1. The van der Waals surface area contributed by atoms with Crippen LogP contribution < -0.4 is 5.73 Å². The molecule has 0 amide bonds. The first kappa shape index (κ1) is 11.4. The van der Waals surface area contributed by atoms with Crippen molar-refractivity contribution >= 4 is 16.9 Å². The van der Waals surface area contributed by atoms with E-state index >= 15 is 0 Å². The quantitative estimate of drug-likeness (QED) is 0.677. The van der Waals surface area contributed by atoms with Gasteiger partial charge in [0.1, 0.15) is 11.6 Å². The molecule has 2 aromatic heterocycles. The van der Waals surface area contributed by atoms with Crippen LogP contribution in [0.3, 0.4) is 0 Å². The molecule has 0 spiro atoms. The Labute approximate surface area is 104 Å². The molecule has 1 aliphatic carbocycles. The van der Waals surface area contributed by atoms with Crippen LogP contribution in [0.15, 0.2) is 12.5 Å². The molecule has 1 saturated carbocycles. The van der Waals surface area contributed by atoms with Crippen molar-refractivity contribution < 1.29 is 10.2 Å². The van der Waals surface area contributed by atoms with Crippen molar-refractivity contribution in [3.63, 3.8) is 0 Å². The summed E-state index contributed by atoms with van der Waals surface area (Å²) in [6.45, 7) is 1.94. The Balaban J connectivity index is 2.16. The number of nitrogens with two attached hydrogens (primary N) is 1. The van der Waals surface area contributed by atoms with Crippen molar-refractivity contribution in [3.8, 4) is 0 Å². The van der Waals surface area contributed by atoms with E-state index in [1.165, 1.54) is 0 Å². The van der Waals surface area contributed by atoms with Crippen molar-refractivity contribution in [1.29, 1.82) is 0 Å². The third kappa shape index (κ3) is 1.49. The zero-order chi connectivity index (χ0) is 12.9. The van der Waals surface area contributed by atoms with Crippen LogP contribution in [0.25, 0.3) is 11.0 Å². The van der Waals surface area contributed by atoms with Crippen molar-refractivity contribution in [3.05, 3.63) is 18.1 Å². The third-order valence-electron chi connectivity index (χ3n) is 3.71. The van der Waals surface area contributed by atoms with Gasteiger partial charge in [0.15, 0.2) is 5.82 Å². The van der Waals surface area contributed by atoms with Gasteiger partial charge < -0.3 is 20.5 Å². The minimum Gasteiger partial charge on any atom is -0.390 e. The second-order valence-electron chi connectivity index (χ2n) is 4.88. The van der Waals surface area contributed by atoms with Gasteiger partial charge in [-0.2, -0.15) is 0 Å². The molecule has 0 bridgehead atoms. The van der Waals surface area contributed by atoms with E-state index in [0.29, 0.717) is 17.8 Å². The SMILES string of the molecule is Cc1cnc(N)c2ncn([C@@H]3CC[C@@H](O)[C@H]3O)c12. The molecule has 0 aromatic carbocycles. The molecule has 4 N–H and O–H groups in total. The second-order valence-corrected chi connectivity index (χ2v) is 4.88. The molecule has 3 rings (SSSR count). The Morgan fingerprint density at radius 1 is 1.33 bits per heavy atom. The summed E-state index contributed by atoms with van der Waals surface area (Å²) in [6, 6.07) is -0.148. The summed E-state index contributed by atoms with van der Waals surface area (Å²) in [5.74, 6) is 0.391. The highest BCUT2D eigenvalue weighted by atomic mass is 16.3. The number of aryl methyl sites for hydroxylation is 1. The highest BCUT2D eigenvalue weighted by molar-refractivity contribution is 5.87. The Bertz CT molecular complexity index is 595. The summed E-state index contributed by atoms with van der Waals surface area (Å²) >= 11 is 0. The van der Waals surface area contributed by atoms with Gasteiger partial charge in [-0.3, -0.25) is 0 Å². The summed E-state index contributed by atoms with van der Waals surface area (Å²) in [6.07, 6.45) is 3.29. The monoisotopic (exact) mass is 248 g/mol. The molecule has 3 atom stereocenters. The summed E-state index contributed by atoms with van der Waals surface area (Å²) in [7, 11) is 0. The molecule has 96 valence electrons. The molecule has 1 aliphatic rings. The molecule has 0 saturated heterocycles. The first-order valence-corrected chi connectivity index (χ1v) is 6.03. The van der Waals surface area contributed by atoms with Crippen molar-refractivity contribution in [2.45, 2.75) is 38.0 Å². The van der Waals surface area contributed by atoms with Gasteiger partial charge >= 0.3 is 0 Å². The van der Waals surface area contributed by atoms with Gasteiger partial charge in [0.25, 0.3) is 0 Å². The number of fused-ring (bicyclic) bond motifs is 1. The Hall–Kier alpha value is -1.66. The van der Waals surface area contributed by atoms with Gasteiger partial charge in [-0.1, -0.05) is 0 Å². The zero-order valence-electron chi connectivity index (χ0n) is 10.1. The van der Waals surface area contributed by atoms with Gasteiger partial charge in [-0.15, -0.1) is 0 Å². The van der Waals surface area contributed by atoms with E-state index in [4.69, 9.17) is 5.73 Å². The maximum atomic E-state index is 10.0. The molecular weight excluding hydrogens is 232 g/mol. The molecule has 6 heteroatoms. The van der Waals surface area contributed by atoms with Crippen LogP contribution in [0, 0.1) is 6.92 Å². The van der Waals surface area contributed by atoms with Crippen LogP contribution in [-0.4, -0.2) is 37.0 Å². The highest BCUT2D eigenvalue weighted by Crippen LogP contribution is 2.34. The maximum absolute atomic E-state index is 10.0. The fraction of sp³-hybridized carbons (Fsp3) is 0.500. The van der Waals surface area contributed by atoms with Gasteiger partial charge in [-0.25, -0.2) is 9.97 Å². The predicted molar refractivity (Wildman–Crippen MR) is 67.0 cm³/mol. The Kier molecular flexibility index (Phi) is 2.49. The fourth-order valence-electron chi connectivity index (χ4n) is 2.72. The van der Waals surface area contributed by atoms with E-state index in [2.05, 4.69) is 9.97 Å². The van der Waals surface area contributed by atoms with E-state index in [1.807, 2.05) is 11.5 Å². The normalized spacial score (nSPS) is 28.1. The lowest BCUT2D eigenvalue weighted by molar-refractivity contribution is 0.0242. The fourth-order valence-corrected chi connectivity index (χ4v) is 2.72. The third-order valence-corrected chi connectivity index (χ3v) is 3.71. The number of anilines is 1. The topological polar surface area (TPSA) is 97.2 Å². The lowest BCUT2D eigenvalue weighted by Crippen LogP contribution is -2.26. The molecule has 0 unspecified atom stereocenters. The molecule has 1 fully saturated rings. The minimum atomic E-state index is -0.754. The zero-order valence-corrected chi connectivity index (χ0v) is 10.1.